The van der Waals surface area contributed by atoms with Crippen LogP contribution in [-0.4, -0.2) is 128 Å². The lowest BCUT2D eigenvalue weighted by atomic mass is 9.84. The van der Waals surface area contributed by atoms with Gasteiger partial charge in [0.2, 0.25) is 0 Å². The highest BCUT2D eigenvalue weighted by molar-refractivity contribution is 5.67. The van der Waals surface area contributed by atoms with Crippen molar-refractivity contribution in [3.8, 4) is 0 Å². The highest BCUT2D eigenvalue weighted by Gasteiger charge is 2.56. The SMILES string of the molecule is CC(=O)OC[C@H]1O[C@@H](O[C@@H]2[C@@H](O)[C@H](O[C@@H]3O[C@@H](CN=[N+]=[N-])[C@H](OCc4ccccc4)[C@@H](OCc4ccccc4)[C@@H]3OCc3ccccc3)[C@@H](N=[N+]=[N-])C[C@H]2N=[N+]=[N-])[C@H](OC(C)=O)[C@@H](N=[N+]=[N-])[C@@H]1OC(C)=O. The maximum atomic E-state index is 12.6. The number of carbonyl (C=O) groups excluding carboxylic acids is 3. The second-order valence-corrected chi connectivity index (χ2v) is 16.4. The van der Waals surface area contributed by atoms with E-state index in [0.29, 0.717) is 0 Å². The van der Waals surface area contributed by atoms with Gasteiger partial charge in [0.15, 0.2) is 18.7 Å². The number of nitrogens with zero attached hydrogens (tertiary/aromatic N) is 12. The molecule has 1 aliphatic carbocycles. The first-order chi connectivity index (χ1) is 34.4. The number of aliphatic hydroxyl groups is 1. The van der Waals surface area contributed by atoms with Crippen LogP contribution in [0.5, 0.6) is 0 Å². The highest BCUT2D eigenvalue weighted by Crippen LogP contribution is 2.39. The molecule has 0 unspecified atom stereocenters. The molecule has 376 valence electrons. The van der Waals surface area contributed by atoms with Gasteiger partial charge in [-0.1, -0.05) is 111 Å². The van der Waals surface area contributed by atoms with Crippen molar-refractivity contribution in [3.63, 3.8) is 0 Å². The normalized spacial score (nSPS) is 30.1. The van der Waals surface area contributed by atoms with E-state index in [9.17, 15) is 41.6 Å². The predicted octanol–water partition coefficient (Wildman–Crippen LogP) is 6.50. The van der Waals surface area contributed by atoms with Gasteiger partial charge in [0.25, 0.3) is 0 Å². The Morgan fingerprint density at radius 2 is 1.01 bits per heavy atom. The molecular weight excluding hydrogens is 933 g/mol. The number of benzene rings is 3. The lowest BCUT2D eigenvalue weighted by Gasteiger charge is -2.50. The Kier molecular flexibility index (Phi) is 20.2. The Balaban J connectivity index is 1.41. The molecule has 0 spiro atoms. The molecule has 3 aromatic rings. The van der Waals surface area contributed by atoms with Gasteiger partial charge >= 0.3 is 17.9 Å². The summed E-state index contributed by atoms with van der Waals surface area (Å²) in [5.74, 6) is -2.54. The first-order valence-electron chi connectivity index (χ1n) is 22.3. The summed E-state index contributed by atoms with van der Waals surface area (Å²) in [5.41, 5.74) is 41.2. The molecule has 3 fully saturated rings. The highest BCUT2D eigenvalue weighted by atomic mass is 16.7. The van der Waals surface area contributed by atoms with Crippen LogP contribution >= 0.6 is 0 Å². The summed E-state index contributed by atoms with van der Waals surface area (Å²) in [6.45, 7) is 2.42. The van der Waals surface area contributed by atoms with Gasteiger partial charge in [-0.25, -0.2) is 0 Å². The Morgan fingerprint density at radius 1 is 0.563 bits per heavy atom. The summed E-state index contributed by atoms with van der Waals surface area (Å²) in [6.07, 6.45) is -17.9. The molecule has 1 N–H and O–H groups in total. The predicted molar refractivity (Wildman–Crippen MR) is 243 cm³/mol. The zero-order valence-electron chi connectivity index (χ0n) is 38.7. The maximum Gasteiger partial charge on any atom is 0.303 e. The summed E-state index contributed by atoms with van der Waals surface area (Å²) < 4.78 is 61.9. The molecular formula is C45H52N12O14. The van der Waals surface area contributed by atoms with Gasteiger partial charge in [-0.2, -0.15) is 0 Å². The van der Waals surface area contributed by atoms with Crippen molar-refractivity contribution in [2.24, 2.45) is 20.5 Å². The standard InChI is InChI=1S/C45H52N12O14/c1-25(58)62-24-34-39(66-26(2)59)35(53-57-49)41(67-27(3)60)44(69-34)70-37-31(51-55-47)19-32(52-56-48)38(36(37)61)71-45-43(65-23-30-17-11-6-12-18-30)42(64-22-29-15-9-5-10-16-29)40(33(68-45)20-50-54-46)63-21-28-13-7-4-8-14-28/h4-18,31-45,61H,19-24H2,1-3H3/t31-,32+,33+,34-,35+,36-,37+,38-,39-,40+,41-,42-,43+,44+,45+/m1/s1. The van der Waals surface area contributed by atoms with Crippen LogP contribution in [0.1, 0.15) is 43.9 Å². The molecule has 0 amide bonds. The summed E-state index contributed by atoms with van der Waals surface area (Å²) in [5, 5.41) is 27.8. The zero-order valence-corrected chi connectivity index (χ0v) is 38.7. The number of ether oxygens (including phenoxy) is 10. The fourth-order valence-electron chi connectivity index (χ4n) is 8.47. The second-order valence-electron chi connectivity index (χ2n) is 16.4. The zero-order chi connectivity index (χ0) is 50.7. The van der Waals surface area contributed by atoms with E-state index in [0.717, 1.165) is 37.5 Å². The van der Waals surface area contributed by atoms with E-state index in [1.165, 1.54) is 0 Å². The second kappa shape index (κ2) is 26.8. The number of hydrogen-bond acceptors (Lipinski definition) is 18. The number of rotatable bonds is 22. The topological polar surface area (TPSA) is 359 Å². The third-order valence-electron chi connectivity index (χ3n) is 11.5. The van der Waals surface area contributed by atoms with Crippen LogP contribution in [0.25, 0.3) is 41.8 Å². The molecule has 0 aromatic heterocycles. The number of carbonyl (C=O) groups is 3. The van der Waals surface area contributed by atoms with Gasteiger partial charge in [0, 0.05) is 40.4 Å². The Hall–Kier alpha value is -7.01. The molecule has 2 aliphatic heterocycles. The van der Waals surface area contributed by atoms with Crippen LogP contribution in [-0.2, 0) is 81.6 Å². The number of azide groups is 4. The van der Waals surface area contributed by atoms with E-state index in [-0.39, 0.29) is 32.8 Å². The van der Waals surface area contributed by atoms with Crippen LogP contribution in [0.4, 0.5) is 0 Å². The molecule has 3 aromatic carbocycles. The average Bonchev–Trinajstić information content (AvgIpc) is 3.36. The molecule has 26 heteroatoms. The molecule has 1 saturated carbocycles. The molecule has 6 rings (SSSR count). The maximum absolute atomic E-state index is 12.6. The lowest BCUT2D eigenvalue weighted by molar-refractivity contribution is -0.346. The average molecular weight is 985 g/mol. The monoisotopic (exact) mass is 984 g/mol. The van der Waals surface area contributed by atoms with Crippen molar-refractivity contribution in [3.05, 3.63) is 149 Å². The number of aliphatic hydroxyl groups excluding tert-OH is 1. The van der Waals surface area contributed by atoms with Gasteiger partial charge in [0.05, 0.1) is 56.8 Å². The fourth-order valence-corrected chi connectivity index (χ4v) is 8.47. The van der Waals surface area contributed by atoms with Gasteiger partial charge in [-0.05, 0) is 45.2 Å². The molecule has 0 radical (unpaired) electrons. The minimum Gasteiger partial charge on any atom is -0.463 e. The Morgan fingerprint density at radius 3 is 1.48 bits per heavy atom. The first-order valence-corrected chi connectivity index (χ1v) is 22.3. The van der Waals surface area contributed by atoms with Crippen LogP contribution in [0.15, 0.2) is 111 Å². The lowest BCUT2D eigenvalue weighted by Crippen LogP contribution is -2.66. The summed E-state index contributed by atoms with van der Waals surface area (Å²) in [7, 11) is 0. The van der Waals surface area contributed by atoms with E-state index in [4.69, 9.17) is 47.4 Å². The quantitative estimate of drug-likeness (QED) is 0.0369. The molecule has 71 heavy (non-hydrogen) atoms. The third kappa shape index (κ3) is 14.8. The van der Waals surface area contributed by atoms with Crippen LogP contribution in [0.3, 0.4) is 0 Å². The van der Waals surface area contributed by atoms with Gasteiger partial charge in [-0.3, -0.25) is 14.4 Å². The summed E-state index contributed by atoms with van der Waals surface area (Å²) in [4.78, 5) is 48.6. The van der Waals surface area contributed by atoms with Crippen molar-refractivity contribution in [2.45, 2.75) is 139 Å². The van der Waals surface area contributed by atoms with E-state index in [1.807, 2.05) is 91.0 Å². The van der Waals surface area contributed by atoms with Crippen LogP contribution in [0, 0.1) is 0 Å². The Labute approximate surface area is 405 Å². The van der Waals surface area contributed by atoms with Crippen molar-refractivity contribution in [2.75, 3.05) is 13.2 Å². The number of hydrogen-bond donors (Lipinski definition) is 1. The molecule has 3 aliphatic rings. The molecule has 2 heterocycles. The van der Waals surface area contributed by atoms with Crippen molar-refractivity contribution < 1.29 is 66.9 Å². The van der Waals surface area contributed by atoms with E-state index in [2.05, 4.69) is 40.1 Å². The van der Waals surface area contributed by atoms with Gasteiger partial charge in [-0.15, -0.1) is 0 Å². The van der Waals surface area contributed by atoms with Crippen molar-refractivity contribution in [1.29, 1.82) is 0 Å². The summed E-state index contributed by atoms with van der Waals surface area (Å²) in [6, 6.07) is 23.4. The minimum atomic E-state index is -1.93. The summed E-state index contributed by atoms with van der Waals surface area (Å²) >= 11 is 0. The molecule has 15 atom stereocenters. The van der Waals surface area contributed by atoms with Gasteiger partial charge in [0.1, 0.15) is 49.3 Å². The third-order valence-corrected chi connectivity index (χ3v) is 11.5. The molecule has 26 nitrogen and oxygen atoms in total. The molecule has 2 saturated heterocycles. The Bertz CT molecular complexity index is 2430. The smallest absolute Gasteiger partial charge is 0.303 e. The van der Waals surface area contributed by atoms with Crippen molar-refractivity contribution >= 4 is 17.9 Å². The van der Waals surface area contributed by atoms with Gasteiger partial charge < -0.3 is 52.5 Å². The van der Waals surface area contributed by atoms with E-state index < -0.39 is 116 Å². The largest absolute Gasteiger partial charge is 0.463 e. The van der Waals surface area contributed by atoms with E-state index >= 15 is 0 Å². The molecule has 0 bridgehead atoms. The fraction of sp³-hybridized carbons (Fsp3) is 0.533. The van der Waals surface area contributed by atoms with Crippen molar-refractivity contribution in [1.82, 2.24) is 0 Å². The minimum absolute atomic E-state index is 0.0181. The number of esters is 3. The first kappa shape index (κ1) is 53.3. The van der Waals surface area contributed by atoms with E-state index in [1.54, 1.807) is 0 Å². The van der Waals surface area contributed by atoms with Crippen LogP contribution in [0.2, 0.25) is 0 Å². The van der Waals surface area contributed by atoms with Crippen LogP contribution < -0.4 is 0 Å².